The van der Waals surface area contributed by atoms with Crippen molar-refractivity contribution in [3.63, 3.8) is 0 Å². The van der Waals surface area contributed by atoms with Gasteiger partial charge in [-0.25, -0.2) is 9.97 Å². The molecule has 3 rings (SSSR count). The van der Waals surface area contributed by atoms with Crippen molar-refractivity contribution >= 4 is 27.4 Å². The lowest BCUT2D eigenvalue weighted by molar-refractivity contribution is 0.779. The topological polar surface area (TPSA) is 51.8 Å². The number of hydrogen-bond donors (Lipinski definition) is 1. The van der Waals surface area contributed by atoms with Crippen molar-refractivity contribution in [2.75, 3.05) is 5.73 Å². The van der Waals surface area contributed by atoms with Gasteiger partial charge in [-0.3, -0.25) is 0 Å². The maximum atomic E-state index is 5.85. The number of rotatable bonds is 2. The number of nitrogens with zero attached hydrogens (tertiary/aromatic N) is 2. The van der Waals surface area contributed by atoms with Crippen molar-refractivity contribution < 1.29 is 0 Å². The van der Waals surface area contributed by atoms with Crippen LogP contribution in [0.25, 0.3) is 10.2 Å². The van der Waals surface area contributed by atoms with Gasteiger partial charge in [-0.2, -0.15) is 0 Å². The molecule has 0 spiro atoms. The minimum Gasteiger partial charge on any atom is -0.383 e. The zero-order chi connectivity index (χ0) is 9.54. The second-order valence-corrected chi connectivity index (χ2v) is 4.71. The third-order valence-corrected chi connectivity index (χ3v) is 3.38. The van der Waals surface area contributed by atoms with E-state index in [1.165, 1.54) is 12.8 Å². The fourth-order valence-corrected chi connectivity index (χ4v) is 2.39. The molecule has 1 saturated carbocycles. The van der Waals surface area contributed by atoms with Crippen molar-refractivity contribution in [2.24, 2.45) is 5.92 Å². The molecule has 0 aliphatic heterocycles. The summed E-state index contributed by atoms with van der Waals surface area (Å²) in [6.45, 7) is 0. The molecular formula is C10H11N3S. The van der Waals surface area contributed by atoms with E-state index in [4.69, 9.17) is 5.73 Å². The minimum absolute atomic E-state index is 0.631. The molecule has 72 valence electrons. The summed E-state index contributed by atoms with van der Waals surface area (Å²) in [4.78, 5) is 9.85. The molecule has 0 bridgehead atoms. The maximum absolute atomic E-state index is 5.85. The van der Waals surface area contributed by atoms with Crippen LogP contribution in [-0.4, -0.2) is 9.97 Å². The number of hydrogen-bond acceptors (Lipinski definition) is 4. The Hall–Kier alpha value is -1.16. The average Bonchev–Trinajstić information content (AvgIpc) is 2.82. The predicted molar refractivity (Wildman–Crippen MR) is 58.3 cm³/mol. The third-order valence-electron chi connectivity index (χ3n) is 2.57. The van der Waals surface area contributed by atoms with Crippen LogP contribution in [0.2, 0.25) is 0 Å². The van der Waals surface area contributed by atoms with Gasteiger partial charge in [0, 0.05) is 6.42 Å². The summed E-state index contributed by atoms with van der Waals surface area (Å²) in [5.41, 5.74) is 5.85. The van der Waals surface area contributed by atoms with Gasteiger partial charge in [0.05, 0.1) is 5.39 Å². The molecule has 14 heavy (non-hydrogen) atoms. The highest BCUT2D eigenvalue weighted by atomic mass is 32.1. The van der Waals surface area contributed by atoms with Gasteiger partial charge in [-0.1, -0.05) is 0 Å². The van der Waals surface area contributed by atoms with E-state index in [0.717, 1.165) is 28.4 Å². The van der Waals surface area contributed by atoms with Gasteiger partial charge < -0.3 is 5.73 Å². The summed E-state index contributed by atoms with van der Waals surface area (Å²) in [6.07, 6.45) is 3.65. The summed E-state index contributed by atoms with van der Waals surface area (Å²) < 4.78 is 0. The number of aromatic nitrogens is 2. The molecule has 1 aliphatic rings. The molecule has 3 nitrogen and oxygen atoms in total. The van der Waals surface area contributed by atoms with Crippen LogP contribution < -0.4 is 5.73 Å². The van der Waals surface area contributed by atoms with E-state index in [2.05, 4.69) is 9.97 Å². The number of nitrogens with two attached hydrogens (primary N) is 1. The van der Waals surface area contributed by atoms with E-state index in [0.29, 0.717) is 5.82 Å². The van der Waals surface area contributed by atoms with E-state index in [9.17, 15) is 0 Å². The highest BCUT2D eigenvalue weighted by Crippen LogP contribution is 2.32. The van der Waals surface area contributed by atoms with Gasteiger partial charge in [0.1, 0.15) is 16.5 Å². The van der Waals surface area contributed by atoms with Crippen LogP contribution in [0.4, 0.5) is 5.82 Å². The normalized spacial score (nSPS) is 16.3. The van der Waals surface area contributed by atoms with E-state index in [1.807, 2.05) is 11.4 Å². The van der Waals surface area contributed by atoms with Crippen molar-refractivity contribution in [1.29, 1.82) is 0 Å². The first-order chi connectivity index (χ1) is 6.83. The van der Waals surface area contributed by atoms with Crippen LogP contribution in [-0.2, 0) is 6.42 Å². The third kappa shape index (κ3) is 1.35. The smallest absolute Gasteiger partial charge is 0.135 e. The Labute approximate surface area is 86.0 Å². The molecule has 2 aromatic heterocycles. The molecule has 0 unspecified atom stereocenters. The minimum atomic E-state index is 0.631. The van der Waals surface area contributed by atoms with Gasteiger partial charge in [-0.15, -0.1) is 11.3 Å². The molecule has 1 fully saturated rings. The highest BCUT2D eigenvalue weighted by molar-refractivity contribution is 7.16. The second-order valence-electron chi connectivity index (χ2n) is 3.81. The molecule has 4 heteroatoms. The Morgan fingerprint density at radius 2 is 2.29 bits per heavy atom. The molecule has 0 saturated heterocycles. The molecule has 0 aromatic carbocycles. The van der Waals surface area contributed by atoms with E-state index >= 15 is 0 Å². The summed E-state index contributed by atoms with van der Waals surface area (Å²) >= 11 is 1.63. The number of nitrogen functional groups attached to an aromatic ring is 1. The SMILES string of the molecule is Nc1nc(CC2CC2)nc2sccc12. The van der Waals surface area contributed by atoms with Crippen LogP contribution in [0.15, 0.2) is 11.4 Å². The zero-order valence-corrected chi connectivity index (χ0v) is 8.55. The Balaban J connectivity index is 2.06. The molecule has 0 radical (unpaired) electrons. The molecule has 1 aliphatic carbocycles. The molecular weight excluding hydrogens is 194 g/mol. The summed E-state index contributed by atoms with van der Waals surface area (Å²) in [5.74, 6) is 2.36. The van der Waals surface area contributed by atoms with E-state index in [-0.39, 0.29) is 0 Å². The molecule has 2 N–H and O–H groups in total. The van der Waals surface area contributed by atoms with Crippen LogP contribution in [0.5, 0.6) is 0 Å². The lowest BCUT2D eigenvalue weighted by Crippen LogP contribution is -2.00. The summed E-state index contributed by atoms with van der Waals surface area (Å²) in [5, 5.41) is 3.01. The van der Waals surface area contributed by atoms with Crippen molar-refractivity contribution in [3.8, 4) is 0 Å². The Kier molecular flexibility index (Phi) is 1.70. The summed E-state index contributed by atoms with van der Waals surface area (Å²) in [7, 11) is 0. The van der Waals surface area contributed by atoms with Crippen LogP contribution in [0.1, 0.15) is 18.7 Å². The van der Waals surface area contributed by atoms with Gasteiger partial charge in [0.25, 0.3) is 0 Å². The van der Waals surface area contributed by atoms with Crippen molar-refractivity contribution in [1.82, 2.24) is 9.97 Å². The Morgan fingerprint density at radius 3 is 3.07 bits per heavy atom. The van der Waals surface area contributed by atoms with Gasteiger partial charge >= 0.3 is 0 Å². The maximum Gasteiger partial charge on any atom is 0.135 e. The lowest BCUT2D eigenvalue weighted by Gasteiger charge is -2.00. The zero-order valence-electron chi connectivity index (χ0n) is 7.73. The van der Waals surface area contributed by atoms with Crippen LogP contribution in [0, 0.1) is 5.92 Å². The second kappa shape index (κ2) is 2.92. The van der Waals surface area contributed by atoms with Gasteiger partial charge in [0.2, 0.25) is 0 Å². The first-order valence-corrected chi connectivity index (χ1v) is 5.70. The highest BCUT2D eigenvalue weighted by Gasteiger charge is 2.23. The largest absolute Gasteiger partial charge is 0.383 e. The fourth-order valence-electron chi connectivity index (χ4n) is 1.60. The van der Waals surface area contributed by atoms with E-state index in [1.54, 1.807) is 11.3 Å². The van der Waals surface area contributed by atoms with Crippen LogP contribution >= 0.6 is 11.3 Å². The van der Waals surface area contributed by atoms with Gasteiger partial charge in [-0.05, 0) is 30.2 Å². The molecule has 2 aromatic rings. The molecule has 0 amide bonds. The Bertz CT molecular complexity index is 473. The summed E-state index contributed by atoms with van der Waals surface area (Å²) in [6, 6.07) is 1.98. The number of fused-ring (bicyclic) bond motifs is 1. The number of anilines is 1. The van der Waals surface area contributed by atoms with E-state index < -0.39 is 0 Å². The molecule has 0 atom stereocenters. The Morgan fingerprint density at radius 1 is 1.43 bits per heavy atom. The first-order valence-electron chi connectivity index (χ1n) is 4.82. The molecule has 2 heterocycles. The van der Waals surface area contributed by atoms with Gasteiger partial charge in [0.15, 0.2) is 0 Å². The van der Waals surface area contributed by atoms with Crippen molar-refractivity contribution in [3.05, 3.63) is 17.3 Å². The lowest BCUT2D eigenvalue weighted by atomic mass is 10.2. The van der Waals surface area contributed by atoms with Crippen molar-refractivity contribution in [2.45, 2.75) is 19.3 Å². The average molecular weight is 205 g/mol. The number of thiophene rings is 1. The quantitative estimate of drug-likeness (QED) is 0.818. The standard InChI is InChI=1S/C10H11N3S/c11-9-7-3-4-14-10(7)13-8(12-9)5-6-1-2-6/h3-4,6H,1-2,5H2,(H2,11,12,13). The monoisotopic (exact) mass is 205 g/mol. The predicted octanol–water partition coefficient (Wildman–Crippen LogP) is 2.23. The van der Waals surface area contributed by atoms with Crippen LogP contribution in [0.3, 0.4) is 0 Å². The fraction of sp³-hybridized carbons (Fsp3) is 0.400. The first kappa shape index (κ1) is 8.17.